The van der Waals surface area contributed by atoms with Crippen LogP contribution in [0, 0.1) is 0 Å². The van der Waals surface area contributed by atoms with Gasteiger partial charge >= 0.3 is 0 Å². The van der Waals surface area contributed by atoms with Crippen molar-refractivity contribution in [2.24, 2.45) is 0 Å². The summed E-state index contributed by atoms with van der Waals surface area (Å²) in [5.41, 5.74) is 3.94. The van der Waals surface area contributed by atoms with E-state index in [0.717, 1.165) is 27.7 Å². The minimum Gasteiger partial charge on any atom is -0.389 e. The summed E-state index contributed by atoms with van der Waals surface area (Å²) in [5, 5.41) is 10.7. The molecule has 0 aliphatic carbocycles. The Labute approximate surface area is 105 Å². The number of rotatable bonds is 2. The first kappa shape index (κ1) is 11.0. The lowest BCUT2D eigenvalue weighted by molar-refractivity contribution is 0.199. The number of hydrogen-bond acceptors (Lipinski definition) is 2. The Morgan fingerprint density at radius 2 is 2.00 bits per heavy atom. The van der Waals surface area contributed by atoms with E-state index in [-0.39, 0.29) is 0 Å². The van der Waals surface area contributed by atoms with Crippen LogP contribution in [0.2, 0.25) is 0 Å². The number of aromatic nitrogens is 2. The maximum absolute atomic E-state index is 9.63. The van der Waals surface area contributed by atoms with Crippen molar-refractivity contribution in [2.45, 2.75) is 13.0 Å². The lowest BCUT2D eigenvalue weighted by atomic mass is 10.0. The molecule has 3 nitrogen and oxygen atoms in total. The van der Waals surface area contributed by atoms with Gasteiger partial charge in [-0.3, -0.25) is 0 Å². The zero-order chi connectivity index (χ0) is 12.5. The molecule has 2 aromatic heterocycles. The van der Waals surface area contributed by atoms with Crippen molar-refractivity contribution in [1.29, 1.82) is 0 Å². The van der Waals surface area contributed by atoms with E-state index >= 15 is 0 Å². The van der Waals surface area contributed by atoms with E-state index in [1.165, 1.54) is 0 Å². The van der Waals surface area contributed by atoms with Crippen LogP contribution in [0.25, 0.3) is 22.2 Å². The third kappa shape index (κ3) is 1.79. The van der Waals surface area contributed by atoms with E-state index in [2.05, 4.69) is 22.1 Å². The Balaban J connectivity index is 2.21. The molecule has 1 aromatic carbocycles. The number of aliphatic hydroxyl groups excluding tert-OH is 1. The highest BCUT2D eigenvalue weighted by molar-refractivity contribution is 5.93. The molecule has 90 valence electrons. The summed E-state index contributed by atoms with van der Waals surface area (Å²) in [6.45, 7) is 1.75. The lowest BCUT2D eigenvalue weighted by Crippen LogP contribution is -1.92. The second kappa shape index (κ2) is 4.27. The van der Waals surface area contributed by atoms with Gasteiger partial charge < -0.3 is 10.1 Å². The Hall–Kier alpha value is -2.13. The molecule has 2 N–H and O–H groups in total. The summed E-state index contributed by atoms with van der Waals surface area (Å²) in [6, 6.07) is 12.2. The molecule has 0 saturated heterocycles. The van der Waals surface area contributed by atoms with Gasteiger partial charge in [-0.1, -0.05) is 30.3 Å². The minimum absolute atomic E-state index is 0.500. The second-order valence-corrected chi connectivity index (χ2v) is 4.41. The fraction of sp³-hybridized carbons (Fsp3) is 0.133. The summed E-state index contributed by atoms with van der Waals surface area (Å²) in [4.78, 5) is 7.49. The van der Waals surface area contributed by atoms with Gasteiger partial charge in [0.1, 0.15) is 5.65 Å². The Morgan fingerprint density at radius 3 is 2.72 bits per heavy atom. The fourth-order valence-corrected chi connectivity index (χ4v) is 2.10. The number of aromatic amines is 1. The molecular weight excluding hydrogens is 224 g/mol. The molecule has 0 radical (unpaired) electrons. The van der Waals surface area contributed by atoms with Crippen LogP contribution >= 0.6 is 0 Å². The molecule has 1 unspecified atom stereocenters. The van der Waals surface area contributed by atoms with Gasteiger partial charge in [0, 0.05) is 23.3 Å². The van der Waals surface area contributed by atoms with Gasteiger partial charge in [-0.05, 0) is 24.1 Å². The van der Waals surface area contributed by atoms with Crippen molar-refractivity contribution >= 4 is 11.0 Å². The Morgan fingerprint density at radius 1 is 1.22 bits per heavy atom. The third-order valence-electron chi connectivity index (χ3n) is 3.12. The number of pyridine rings is 1. The Bertz CT molecular complexity index is 671. The van der Waals surface area contributed by atoms with E-state index in [4.69, 9.17) is 0 Å². The summed E-state index contributed by atoms with van der Waals surface area (Å²) in [5.74, 6) is 0. The highest BCUT2D eigenvalue weighted by Gasteiger charge is 2.09. The summed E-state index contributed by atoms with van der Waals surface area (Å²) in [7, 11) is 0. The molecule has 0 aliphatic rings. The van der Waals surface area contributed by atoms with Crippen molar-refractivity contribution < 1.29 is 5.11 Å². The normalized spacial score (nSPS) is 12.8. The molecule has 0 amide bonds. The number of nitrogens with one attached hydrogen (secondary N) is 1. The number of aliphatic hydroxyl groups is 1. The molecular formula is C15H14N2O. The molecule has 3 aromatic rings. The molecule has 1 atom stereocenters. The molecule has 0 aliphatic heterocycles. The van der Waals surface area contributed by atoms with Crippen molar-refractivity contribution in [3.8, 4) is 11.1 Å². The van der Waals surface area contributed by atoms with E-state index < -0.39 is 6.10 Å². The largest absolute Gasteiger partial charge is 0.389 e. The van der Waals surface area contributed by atoms with Crippen LogP contribution in [0.15, 0.2) is 48.8 Å². The number of H-pyrrole nitrogens is 1. The topological polar surface area (TPSA) is 48.9 Å². The molecule has 3 rings (SSSR count). The first-order valence-electron chi connectivity index (χ1n) is 5.96. The maximum atomic E-state index is 9.63. The number of fused-ring (bicyclic) bond motifs is 1. The minimum atomic E-state index is -0.500. The average molecular weight is 238 g/mol. The van der Waals surface area contributed by atoms with Crippen molar-refractivity contribution in [3.05, 3.63) is 54.4 Å². The van der Waals surface area contributed by atoms with E-state index in [1.54, 1.807) is 13.1 Å². The van der Waals surface area contributed by atoms with Crippen molar-refractivity contribution in [3.63, 3.8) is 0 Å². The first-order valence-corrected chi connectivity index (χ1v) is 5.96. The highest BCUT2D eigenvalue weighted by Crippen LogP contribution is 2.29. The molecule has 0 spiro atoms. The molecule has 18 heavy (non-hydrogen) atoms. The smallest absolute Gasteiger partial charge is 0.137 e. The maximum Gasteiger partial charge on any atom is 0.137 e. The van der Waals surface area contributed by atoms with Crippen molar-refractivity contribution in [1.82, 2.24) is 9.97 Å². The zero-order valence-electron chi connectivity index (χ0n) is 10.1. The standard InChI is InChI=1S/C15H14N2O/c1-10(18)12-7-13-14(9-17-15(13)16-8-12)11-5-3-2-4-6-11/h2-10,18H,1H3,(H,16,17). The third-order valence-corrected chi connectivity index (χ3v) is 3.12. The van der Waals surface area contributed by atoms with Crippen molar-refractivity contribution in [2.75, 3.05) is 0 Å². The first-order chi connectivity index (χ1) is 8.75. The van der Waals surface area contributed by atoms with Gasteiger partial charge in [-0.2, -0.15) is 0 Å². The number of hydrogen-bond donors (Lipinski definition) is 2. The van der Waals surface area contributed by atoms with E-state index in [9.17, 15) is 5.11 Å². The molecule has 0 saturated carbocycles. The number of nitrogens with zero attached hydrogens (tertiary/aromatic N) is 1. The van der Waals surface area contributed by atoms with Gasteiger partial charge in [0.05, 0.1) is 6.10 Å². The van der Waals surface area contributed by atoms with Crippen LogP contribution in [-0.4, -0.2) is 15.1 Å². The predicted octanol–water partition coefficient (Wildman–Crippen LogP) is 3.28. The van der Waals surface area contributed by atoms with Crippen LogP contribution in [-0.2, 0) is 0 Å². The summed E-state index contributed by atoms with van der Waals surface area (Å²) in [6.07, 6.45) is 3.16. The SMILES string of the molecule is CC(O)c1cnc2[nH]cc(-c3ccccc3)c2c1. The van der Waals surface area contributed by atoms with Gasteiger partial charge in [0.25, 0.3) is 0 Å². The molecule has 0 bridgehead atoms. The molecule has 0 fully saturated rings. The highest BCUT2D eigenvalue weighted by atomic mass is 16.3. The van der Waals surface area contributed by atoms with Crippen LogP contribution in [0.3, 0.4) is 0 Å². The van der Waals surface area contributed by atoms with Crippen LogP contribution in [0.5, 0.6) is 0 Å². The fourth-order valence-electron chi connectivity index (χ4n) is 2.10. The average Bonchev–Trinajstić information content (AvgIpc) is 2.82. The van der Waals surface area contributed by atoms with Gasteiger partial charge in [-0.15, -0.1) is 0 Å². The second-order valence-electron chi connectivity index (χ2n) is 4.41. The van der Waals surface area contributed by atoms with E-state index in [1.807, 2.05) is 30.5 Å². The lowest BCUT2D eigenvalue weighted by Gasteiger charge is -2.04. The van der Waals surface area contributed by atoms with Gasteiger partial charge in [-0.25, -0.2) is 4.98 Å². The quantitative estimate of drug-likeness (QED) is 0.719. The summed E-state index contributed by atoms with van der Waals surface area (Å²) >= 11 is 0. The van der Waals surface area contributed by atoms with Crippen LogP contribution in [0.1, 0.15) is 18.6 Å². The zero-order valence-corrected chi connectivity index (χ0v) is 10.1. The molecule has 2 heterocycles. The van der Waals surface area contributed by atoms with Crippen LogP contribution in [0.4, 0.5) is 0 Å². The Kier molecular flexibility index (Phi) is 2.61. The monoisotopic (exact) mass is 238 g/mol. The number of benzene rings is 1. The predicted molar refractivity (Wildman–Crippen MR) is 72.2 cm³/mol. The van der Waals surface area contributed by atoms with Gasteiger partial charge in [0.15, 0.2) is 0 Å². The summed E-state index contributed by atoms with van der Waals surface area (Å²) < 4.78 is 0. The van der Waals surface area contributed by atoms with E-state index in [0.29, 0.717) is 0 Å². The van der Waals surface area contributed by atoms with Crippen LogP contribution < -0.4 is 0 Å². The molecule has 3 heteroatoms. The van der Waals surface area contributed by atoms with Gasteiger partial charge in [0.2, 0.25) is 0 Å².